The van der Waals surface area contributed by atoms with Gasteiger partial charge in [0.25, 0.3) is 5.91 Å². The lowest BCUT2D eigenvalue weighted by Crippen LogP contribution is -3.14. The molecule has 2 heterocycles. The predicted molar refractivity (Wildman–Crippen MR) is 107 cm³/mol. The highest BCUT2D eigenvalue weighted by Gasteiger charge is 2.29. The summed E-state index contributed by atoms with van der Waals surface area (Å²) >= 11 is 0. The standard InChI is InChI=1S/C21H28N4O3/c1-21(2,3)17-13-19(28-24-17)23-18(26)14-25-11-9-15(10-12-25)20(27)22-16-7-5-4-6-8-16/h4-8,13,15H,9-12,14H2,1-3H3,(H,22,27)(H,23,26)/p+1. The molecule has 150 valence electrons. The Morgan fingerprint density at radius 2 is 1.82 bits per heavy atom. The molecule has 7 nitrogen and oxygen atoms in total. The van der Waals surface area contributed by atoms with Gasteiger partial charge in [0.05, 0.1) is 18.8 Å². The number of nitrogens with one attached hydrogen (secondary N) is 3. The maximum atomic E-state index is 12.4. The summed E-state index contributed by atoms with van der Waals surface area (Å²) in [5.41, 5.74) is 1.50. The van der Waals surface area contributed by atoms with Gasteiger partial charge in [-0.1, -0.05) is 44.1 Å². The molecule has 1 fully saturated rings. The van der Waals surface area contributed by atoms with Crippen LogP contribution in [0.15, 0.2) is 40.9 Å². The largest absolute Gasteiger partial charge is 0.338 e. The fourth-order valence-corrected chi connectivity index (χ4v) is 3.33. The SMILES string of the molecule is CC(C)(C)c1cc(NC(=O)C[NH+]2CCC(C(=O)Nc3ccccc3)CC2)on1. The maximum Gasteiger partial charge on any atom is 0.281 e. The van der Waals surface area contributed by atoms with Crippen molar-refractivity contribution in [3.05, 3.63) is 42.1 Å². The van der Waals surface area contributed by atoms with E-state index in [1.807, 2.05) is 51.1 Å². The lowest BCUT2D eigenvalue weighted by molar-refractivity contribution is -0.897. The third-order valence-electron chi connectivity index (χ3n) is 5.06. The highest BCUT2D eigenvalue weighted by Crippen LogP contribution is 2.23. The molecule has 0 bridgehead atoms. The van der Waals surface area contributed by atoms with Gasteiger partial charge in [-0.2, -0.15) is 0 Å². The average molecular weight is 385 g/mol. The van der Waals surface area contributed by atoms with E-state index < -0.39 is 0 Å². The quantitative estimate of drug-likeness (QED) is 0.733. The van der Waals surface area contributed by atoms with Crippen molar-refractivity contribution >= 4 is 23.4 Å². The highest BCUT2D eigenvalue weighted by molar-refractivity contribution is 5.92. The number of benzene rings is 1. The third kappa shape index (κ3) is 5.42. The van der Waals surface area contributed by atoms with E-state index in [1.54, 1.807) is 6.07 Å². The predicted octanol–water partition coefficient (Wildman–Crippen LogP) is 1.84. The number of anilines is 2. The van der Waals surface area contributed by atoms with Crippen molar-refractivity contribution in [1.29, 1.82) is 0 Å². The zero-order valence-corrected chi connectivity index (χ0v) is 16.7. The Kier molecular flexibility index (Phi) is 6.14. The minimum atomic E-state index is -0.125. The van der Waals surface area contributed by atoms with Crippen LogP contribution in [-0.2, 0) is 15.0 Å². The smallest absolute Gasteiger partial charge is 0.281 e. The minimum Gasteiger partial charge on any atom is -0.338 e. The molecule has 1 aliphatic heterocycles. The number of para-hydroxylation sites is 1. The number of piperidine rings is 1. The molecular weight excluding hydrogens is 356 g/mol. The molecule has 3 N–H and O–H groups in total. The van der Waals surface area contributed by atoms with Crippen molar-refractivity contribution in [3.8, 4) is 0 Å². The van der Waals surface area contributed by atoms with Crippen LogP contribution in [0.5, 0.6) is 0 Å². The Balaban J connectivity index is 1.43. The Morgan fingerprint density at radius 3 is 2.43 bits per heavy atom. The first kappa shape index (κ1) is 20.1. The summed E-state index contributed by atoms with van der Waals surface area (Å²) in [6.07, 6.45) is 1.55. The fourth-order valence-electron chi connectivity index (χ4n) is 3.33. The monoisotopic (exact) mass is 385 g/mol. The summed E-state index contributed by atoms with van der Waals surface area (Å²) in [5, 5.41) is 9.76. The minimum absolute atomic E-state index is 0.00404. The number of carbonyl (C=O) groups excluding carboxylic acids is 2. The molecule has 0 unspecified atom stereocenters. The van der Waals surface area contributed by atoms with Gasteiger partial charge in [0.2, 0.25) is 11.8 Å². The van der Waals surface area contributed by atoms with Crippen LogP contribution in [0.1, 0.15) is 39.3 Å². The second kappa shape index (κ2) is 8.56. The number of carbonyl (C=O) groups is 2. The number of quaternary nitrogens is 1. The normalized spacial score (nSPS) is 19.8. The van der Waals surface area contributed by atoms with Crippen LogP contribution in [-0.4, -0.2) is 36.6 Å². The van der Waals surface area contributed by atoms with E-state index in [-0.39, 0.29) is 23.1 Å². The number of amides is 2. The second-order valence-electron chi connectivity index (χ2n) is 8.43. The number of aromatic nitrogens is 1. The molecule has 7 heteroatoms. The summed E-state index contributed by atoms with van der Waals surface area (Å²) in [6.45, 7) is 8.07. The molecule has 0 atom stereocenters. The summed E-state index contributed by atoms with van der Waals surface area (Å²) in [5.74, 6) is 0.340. The molecule has 1 aromatic heterocycles. The highest BCUT2D eigenvalue weighted by atomic mass is 16.5. The number of likely N-dealkylation sites (tertiary alicyclic amines) is 1. The summed E-state index contributed by atoms with van der Waals surface area (Å²) < 4.78 is 5.21. The van der Waals surface area contributed by atoms with Gasteiger partial charge in [0.15, 0.2) is 6.54 Å². The van der Waals surface area contributed by atoms with Gasteiger partial charge in [-0.3, -0.25) is 14.9 Å². The molecule has 0 aliphatic carbocycles. The van der Waals surface area contributed by atoms with Gasteiger partial charge in [-0.25, -0.2) is 0 Å². The third-order valence-corrected chi connectivity index (χ3v) is 5.06. The summed E-state index contributed by atoms with van der Waals surface area (Å²) in [6, 6.07) is 11.3. The van der Waals surface area contributed by atoms with Crippen LogP contribution in [0.2, 0.25) is 0 Å². The van der Waals surface area contributed by atoms with Gasteiger partial charge >= 0.3 is 0 Å². The van der Waals surface area contributed by atoms with Crippen molar-refractivity contribution in [2.24, 2.45) is 5.92 Å². The molecule has 1 aliphatic rings. The van der Waals surface area contributed by atoms with Crippen LogP contribution >= 0.6 is 0 Å². The molecule has 28 heavy (non-hydrogen) atoms. The molecule has 2 aromatic rings. The molecule has 0 radical (unpaired) electrons. The topological polar surface area (TPSA) is 88.7 Å². The van der Waals surface area contributed by atoms with Crippen LogP contribution < -0.4 is 15.5 Å². The molecular formula is C21H29N4O3+. The maximum absolute atomic E-state index is 12.4. The number of hydrogen-bond donors (Lipinski definition) is 3. The first-order chi connectivity index (χ1) is 13.3. The Hall–Kier alpha value is -2.67. The van der Waals surface area contributed by atoms with Gasteiger partial charge in [-0.05, 0) is 12.1 Å². The van der Waals surface area contributed by atoms with Crippen molar-refractivity contribution in [2.75, 3.05) is 30.3 Å². The number of nitrogens with zero attached hydrogens (tertiary/aromatic N) is 1. The van der Waals surface area contributed by atoms with Gasteiger partial charge in [0, 0.05) is 35.9 Å². The van der Waals surface area contributed by atoms with Crippen LogP contribution in [0.4, 0.5) is 11.6 Å². The van der Waals surface area contributed by atoms with Crippen LogP contribution in [0.25, 0.3) is 0 Å². The molecule has 0 saturated carbocycles. The van der Waals surface area contributed by atoms with Crippen LogP contribution in [0.3, 0.4) is 0 Å². The molecule has 1 aromatic carbocycles. The zero-order chi connectivity index (χ0) is 20.1. The second-order valence-corrected chi connectivity index (χ2v) is 8.43. The fraction of sp³-hybridized carbons (Fsp3) is 0.476. The molecule has 0 spiro atoms. The Bertz CT molecular complexity index is 803. The van der Waals surface area contributed by atoms with E-state index in [0.29, 0.717) is 12.4 Å². The van der Waals surface area contributed by atoms with Crippen molar-refractivity contribution in [1.82, 2.24) is 5.16 Å². The van der Waals surface area contributed by atoms with E-state index in [4.69, 9.17) is 4.52 Å². The van der Waals surface area contributed by atoms with Gasteiger partial charge < -0.3 is 14.7 Å². The van der Waals surface area contributed by atoms with E-state index in [0.717, 1.165) is 37.3 Å². The zero-order valence-electron chi connectivity index (χ0n) is 16.7. The van der Waals surface area contributed by atoms with Gasteiger partial charge in [-0.15, -0.1) is 0 Å². The molecule has 1 saturated heterocycles. The Labute approximate surface area is 165 Å². The molecule has 2 amide bonds. The average Bonchev–Trinajstić information content (AvgIpc) is 3.12. The summed E-state index contributed by atoms with van der Waals surface area (Å²) in [4.78, 5) is 25.9. The lowest BCUT2D eigenvalue weighted by Gasteiger charge is -2.28. The Morgan fingerprint density at radius 1 is 1.14 bits per heavy atom. The van der Waals surface area contributed by atoms with Crippen molar-refractivity contribution in [2.45, 2.75) is 39.0 Å². The van der Waals surface area contributed by atoms with E-state index >= 15 is 0 Å². The molecule has 3 rings (SSSR count). The van der Waals surface area contributed by atoms with E-state index in [9.17, 15) is 9.59 Å². The van der Waals surface area contributed by atoms with Gasteiger partial charge in [0.1, 0.15) is 0 Å². The number of rotatable bonds is 5. The van der Waals surface area contributed by atoms with E-state index in [2.05, 4.69) is 15.8 Å². The van der Waals surface area contributed by atoms with Crippen molar-refractivity contribution < 1.29 is 19.0 Å². The first-order valence-corrected chi connectivity index (χ1v) is 9.78. The summed E-state index contributed by atoms with van der Waals surface area (Å²) in [7, 11) is 0. The van der Waals surface area contributed by atoms with E-state index in [1.165, 1.54) is 4.90 Å². The first-order valence-electron chi connectivity index (χ1n) is 9.78. The van der Waals surface area contributed by atoms with Crippen molar-refractivity contribution in [3.63, 3.8) is 0 Å². The van der Waals surface area contributed by atoms with Crippen LogP contribution in [0, 0.1) is 5.92 Å². The lowest BCUT2D eigenvalue weighted by atomic mass is 9.92. The number of hydrogen-bond acceptors (Lipinski definition) is 4.